The Morgan fingerprint density at radius 1 is 1.50 bits per heavy atom. The molecule has 0 saturated carbocycles. The lowest BCUT2D eigenvalue weighted by molar-refractivity contribution is 0.281. The van der Waals surface area contributed by atoms with Gasteiger partial charge in [-0.1, -0.05) is 13.0 Å². The second kappa shape index (κ2) is 4.83. The number of rotatable bonds is 3. The molecule has 1 aromatic carbocycles. The third-order valence-electron chi connectivity index (χ3n) is 3.35. The first-order valence-corrected chi connectivity index (χ1v) is 5.92. The lowest BCUT2D eigenvalue weighted by Crippen LogP contribution is -2.29. The van der Waals surface area contributed by atoms with Crippen molar-refractivity contribution in [2.24, 2.45) is 0 Å². The Morgan fingerprint density at radius 3 is 2.94 bits per heavy atom. The lowest BCUT2D eigenvalue weighted by Gasteiger charge is -2.26. The average molecular weight is 223 g/mol. The molecule has 2 nitrogen and oxygen atoms in total. The predicted molar refractivity (Wildman–Crippen MR) is 63.0 cm³/mol. The molecule has 0 amide bonds. The van der Waals surface area contributed by atoms with Gasteiger partial charge >= 0.3 is 0 Å². The van der Waals surface area contributed by atoms with Crippen LogP contribution in [0.1, 0.15) is 31.7 Å². The Bertz CT molecular complexity index is 367. The van der Waals surface area contributed by atoms with E-state index in [2.05, 4.69) is 11.8 Å². The Morgan fingerprint density at radius 2 is 2.31 bits per heavy atom. The minimum atomic E-state index is -0.216. The van der Waals surface area contributed by atoms with Gasteiger partial charge in [-0.3, -0.25) is 0 Å². The van der Waals surface area contributed by atoms with Crippen molar-refractivity contribution in [1.82, 2.24) is 0 Å². The molecule has 1 atom stereocenters. The van der Waals surface area contributed by atoms with Gasteiger partial charge < -0.3 is 10.0 Å². The summed E-state index contributed by atoms with van der Waals surface area (Å²) in [5.74, 6) is -0.216. The van der Waals surface area contributed by atoms with Gasteiger partial charge in [-0.25, -0.2) is 4.39 Å². The molecule has 0 aromatic heterocycles. The van der Waals surface area contributed by atoms with Crippen LogP contribution in [0.2, 0.25) is 0 Å². The van der Waals surface area contributed by atoms with Crippen LogP contribution in [0.15, 0.2) is 18.2 Å². The minimum Gasteiger partial charge on any atom is -0.392 e. The van der Waals surface area contributed by atoms with E-state index in [1.807, 2.05) is 0 Å². The van der Waals surface area contributed by atoms with E-state index in [9.17, 15) is 4.39 Å². The normalized spacial score (nSPS) is 20.4. The maximum atomic E-state index is 13.8. The van der Waals surface area contributed by atoms with Crippen LogP contribution in [0.5, 0.6) is 0 Å². The largest absolute Gasteiger partial charge is 0.392 e. The summed E-state index contributed by atoms with van der Waals surface area (Å²) in [5, 5.41) is 8.94. The maximum Gasteiger partial charge on any atom is 0.146 e. The van der Waals surface area contributed by atoms with Crippen LogP contribution in [0.4, 0.5) is 10.1 Å². The molecule has 0 spiro atoms. The number of nitrogens with zero attached hydrogens (tertiary/aromatic N) is 1. The van der Waals surface area contributed by atoms with Gasteiger partial charge in [-0.2, -0.15) is 0 Å². The quantitative estimate of drug-likeness (QED) is 0.851. The van der Waals surface area contributed by atoms with E-state index in [4.69, 9.17) is 5.11 Å². The van der Waals surface area contributed by atoms with E-state index in [-0.39, 0.29) is 12.4 Å². The minimum absolute atomic E-state index is 0.103. The molecule has 3 heteroatoms. The molecule has 88 valence electrons. The molecular formula is C13H18FNO. The highest BCUT2D eigenvalue weighted by Crippen LogP contribution is 2.29. The van der Waals surface area contributed by atoms with Crippen molar-refractivity contribution in [3.63, 3.8) is 0 Å². The van der Waals surface area contributed by atoms with Crippen LogP contribution >= 0.6 is 0 Å². The number of aliphatic hydroxyl groups excluding tert-OH is 1. The molecule has 1 unspecified atom stereocenters. The van der Waals surface area contributed by atoms with Gasteiger partial charge in [0.05, 0.1) is 12.3 Å². The van der Waals surface area contributed by atoms with Gasteiger partial charge in [-0.05, 0) is 37.0 Å². The van der Waals surface area contributed by atoms with E-state index in [0.29, 0.717) is 17.3 Å². The third kappa shape index (κ3) is 2.05. The van der Waals surface area contributed by atoms with Gasteiger partial charge in [0.1, 0.15) is 5.82 Å². The summed E-state index contributed by atoms with van der Waals surface area (Å²) < 4.78 is 13.8. The van der Waals surface area contributed by atoms with Crippen molar-refractivity contribution in [2.75, 3.05) is 11.4 Å². The van der Waals surface area contributed by atoms with Gasteiger partial charge in [0.2, 0.25) is 0 Å². The summed E-state index contributed by atoms with van der Waals surface area (Å²) in [4.78, 5) is 2.15. The maximum absolute atomic E-state index is 13.8. The Kier molecular flexibility index (Phi) is 3.44. The van der Waals surface area contributed by atoms with Crippen LogP contribution < -0.4 is 4.90 Å². The highest BCUT2D eigenvalue weighted by Gasteiger charge is 2.24. The summed E-state index contributed by atoms with van der Waals surface area (Å²) in [5.41, 5.74) is 1.31. The molecule has 2 rings (SSSR count). The topological polar surface area (TPSA) is 23.5 Å². The number of hydrogen-bond donors (Lipinski definition) is 1. The van der Waals surface area contributed by atoms with E-state index in [0.717, 1.165) is 25.8 Å². The summed E-state index contributed by atoms with van der Waals surface area (Å²) >= 11 is 0. The van der Waals surface area contributed by atoms with E-state index in [1.54, 1.807) is 12.1 Å². The number of halogens is 1. The van der Waals surface area contributed by atoms with E-state index >= 15 is 0 Å². The second-order valence-corrected chi connectivity index (χ2v) is 4.34. The first-order valence-electron chi connectivity index (χ1n) is 5.92. The monoisotopic (exact) mass is 223 g/mol. The molecule has 0 radical (unpaired) electrons. The highest BCUT2D eigenvalue weighted by atomic mass is 19.1. The van der Waals surface area contributed by atoms with Crippen molar-refractivity contribution in [3.05, 3.63) is 29.6 Å². The van der Waals surface area contributed by atoms with Crippen LogP contribution in [0, 0.1) is 5.82 Å². The Labute approximate surface area is 95.7 Å². The van der Waals surface area contributed by atoms with Crippen LogP contribution in [0.3, 0.4) is 0 Å². The molecule has 1 aromatic rings. The van der Waals surface area contributed by atoms with E-state index in [1.165, 1.54) is 6.07 Å². The average Bonchev–Trinajstić information content (AvgIpc) is 2.76. The van der Waals surface area contributed by atoms with Crippen molar-refractivity contribution in [1.29, 1.82) is 0 Å². The SMILES string of the molecule is CCC1CCCN1c1ccc(CO)cc1F. The molecule has 1 aliphatic heterocycles. The zero-order valence-corrected chi connectivity index (χ0v) is 9.62. The summed E-state index contributed by atoms with van der Waals surface area (Å²) in [6, 6.07) is 5.48. The predicted octanol–water partition coefficient (Wildman–Crippen LogP) is 2.70. The lowest BCUT2D eigenvalue weighted by atomic mass is 10.1. The standard InChI is InChI=1S/C13H18FNO/c1-2-11-4-3-7-15(11)13-6-5-10(9-16)8-12(13)14/h5-6,8,11,16H,2-4,7,9H2,1H3. The summed E-state index contributed by atoms with van der Waals surface area (Å²) in [6.45, 7) is 2.98. The summed E-state index contributed by atoms with van der Waals surface area (Å²) in [6.07, 6.45) is 3.35. The molecular weight excluding hydrogens is 205 g/mol. The van der Waals surface area contributed by atoms with Gasteiger partial charge in [0.15, 0.2) is 0 Å². The zero-order chi connectivity index (χ0) is 11.5. The second-order valence-electron chi connectivity index (χ2n) is 4.34. The van der Waals surface area contributed by atoms with Crippen LogP contribution in [-0.4, -0.2) is 17.7 Å². The first-order chi connectivity index (χ1) is 7.76. The third-order valence-corrected chi connectivity index (χ3v) is 3.35. The van der Waals surface area contributed by atoms with Crippen molar-refractivity contribution in [3.8, 4) is 0 Å². The van der Waals surface area contributed by atoms with Gasteiger partial charge in [0.25, 0.3) is 0 Å². The van der Waals surface area contributed by atoms with Crippen molar-refractivity contribution >= 4 is 5.69 Å². The van der Waals surface area contributed by atoms with Gasteiger partial charge in [-0.15, -0.1) is 0 Å². The van der Waals surface area contributed by atoms with Crippen LogP contribution in [0.25, 0.3) is 0 Å². The number of hydrogen-bond acceptors (Lipinski definition) is 2. The first kappa shape index (κ1) is 11.4. The zero-order valence-electron chi connectivity index (χ0n) is 9.62. The Hall–Kier alpha value is -1.09. The summed E-state index contributed by atoms with van der Waals surface area (Å²) in [7, 11) is 0. The fraction of sp³-hybridized carbons (Fsp3) is 0.538. The molecule has 1 N–H and O–H groups in total. The fourth-order valence-electron chi connectivity index (χ4n) is 2.46. The molecule has 0 bridgehead atoms. The smallest absolute Gasteiger partial charge is 0.146 e. The highest BCUT2D eigenvalue weighted by molar-refractivity contribution is 5.50. The fourth-order valence-corrected chi connectivity index (χ4v) is 2.46. The number of anilines is 1. The van der Waals surface area contributed by atoms with E-state index < -0.39 is 0 Å². The number of benzene rings is 1. The molecule has 1 heterocycles. The molecule has 16 heavy (non-hydrogen) atoms. The number of aliphatic hydroxyl groups is 1. The molecule has 1 saturated heterocycles. The van der Waals surface area contributed by atoms with Crippen LogP contribution in [-0.2, 0) is 6.61 Å². The van der Waals surface area contributed by atoms with Crippen molar-refractivity contribution in [2.45, 2.75) is 38.8 Å². The molecule has 1 fully saturated rings. The Balaban J connectivity index is 2.26. The molecule has 0 aliphatic carbocycles. The van der Waals surface area contributed by atoms with Crippen molar-refractivity contribution < 1.29 is 9.50 Å². The van der Waals surface area contributed by atoms with Gasteiger partial charge in [0, 0.05) is 12.6 Å². The molecule has 1 aliphatic rings.